The van der Waals surface area contributed by atoms with E-state index in [1.54, 1.807) is 6.07 Å². The van der Waals surface area contributed by atoms with Crippen molar-refractivity contribution in [3.05, 3.63) is 40.8 Å². The highest BCUT2D eigenvalue weighted by Gasteiger charge is 2.16. The summed E-state index contributed by atoms with van der Waals surface area (Å²) in [6, 6.07) is 6.35. The molecule has 0 N–H and O–H groups in total. The molecule has 0 amide bonds. The number of thioether (sulfide) groups is 1. The average molecular weight is 368 g/mol. The van der Waals surface area contributed by atoms with Gasteiger partial charge >= 0.3 is 0 Å². The Labute approximate surface area is 143 Å². The third-order valence-electron chi connectivity index (χ3n) is 2.76. The van der Waals surface area contributed by atoms with E-state index >= 15 is 0 Å². The molecule has 22 heavy (non-hydrogen) atoms. The molecule has 3 nitrogen and oxygen atoms in total. The molecule has 0 saturated heterocycles. The summed E-state index contributed by atoms with van der Waals surface area (Å²) >= 11 is 10.4. The van der Waals surface area contributed by atoms with Crippen LogP contribution >= 0.6 is 46.5 Å². The highest BCUT2D eigenvalue weighted by atomic mass is 35.5. The first-order chi connectivity index (χ1) is 10.6. The predicted octanol–water partition coefficient (Wildman–Crippen LogP) is 5.23. The lowest BCUT2D eigenvalue weighted by molar-refractivity contribution is 0.626. The normalized spacial score (nSPS) is 10.8. The van der Waals surface area contributed by atoms with E-state index in [2.05, 4.69) is 16.0 Å². The number of nitrogens with zero attached hydrogens (tertiary/aromatic N) is 3. The second kappa shape index (κ2) is 6.42. The lowest BCUT2D eigenvalue weighted by atomic mass is 10.3. The Morgan fingerprint density at radius 3 is 2.91 bits per heavy atom. The SMILES string of the molecule is CSc1nc2ncc(C#N)c(Sc3ccc(F)cc3Cl)c2s1. The van der Waals surface area contributed by atoms with Gasteiger partial charge in [-0.3, -0.25) is 0 Å². The molecule has 0 radical (unpaired) electrons. The van der Waals surface area contributed by atoms with Crippen LogP contribution in [0.3, 0.4) is 0 Å². The molecule has 8 heteroatoms. The van der Waals surface area contributed by atoms with Gasteiger partial charge in [0.15, 0.2) is 9.99 Å². The summed E-state index contributed by atoms with van der Waals surface area (Å²) < 4.78 is 14.9. The summed E-state index contributed by atoms with van der Waals surface area (Å²) in [7, 11) is 0. The molecule has 110 valence electrons. The van der Waals surface area contributed by atoms with Crippen LogP contribution in [0.4, 0.5) is 4.39 Å². The molecule has 3 rings (SSSR count). The van der Waals surface area contributed by atoms with Crippen LogP contribution in [0.25, 0.3) is 10.3 Å². The van der Waals surface area contributed by atoms with Crippen LogP contribution < -0.4 is 0 Å². The van der Waals surface area contributed by atoms with Gasteiger partial charge in [0.2, 0.25) is 0 Å². The van der Waals surface area contributed by atoms with Crippen molar-refractivity contribution >= 4 is 56.8 Å². The molecule has 0 aliphatic heterocycles. The topological polar surface area (TPSA) is 49.6 Å². The molecule has 2 aromatic heterocycles. The third-order valence-corrected chi connectivity index (χ3v) is 6.56. The van der Waals surface area contributed by atoms with Gasteiger partial charge in [-0.2, -0.15) is 5.26 Å². The van der Waals surface area contributed by atoms with Gasteiger partial charge in [-0.25, -0.2) is 14.4 Å². The fourth-order valence-electron chi connectivity index (χ4n) is 1.77. The molecule has 2 heterocycles. The summed E-state index contributed by atoms with van der Waals surface area (Å²) in [5.41, 5.74) is 1.06. The van der Waals surface area contributed by atoms with Gasteiger partial charge in [-0.15, -0.1) is 11.3 Å². The quantitative estimate of drug-likeness (QED) is 0.593. The van der Waals surface area contributed by atoms with Crippen LogP contribution in [0.1, 0.15) is 5.56 Å². The lowest BCUT2D eigenvalue weighted by Crippen LogP contribution is -1.87. The average Bonchev–Trinajstić information content (AvgIpc) is 2.93. The number of hydrogen-bond donors (Lipinski definition) is 0. The van der Waals surface area contributed by atoms with Crippen molar-refractivity contribution in [1.82, 2.24) is 9.97 Å². The Balaban J connectivity index is 2.15. The largest absolute Gasteiger partial charge is 0.234 e. The summed E-state index contributed by atoms with van der Waals surface area (Å²) in [6.07, 6.45) is 3.44. The molecule has 1 aromatic carbocycles. The zero-order valence-electron chi connectivity index (χ0n) is 11.1. The van der Waals surface area contributed by atoms with Crippen molar-refractivity contribution < 1.29 is 4.39 Å². The number of benzene rings is 1. The molecule has 0 bridgehead atoms. The summed E-state index contributed by atoms with van der Waals surface area (Å²) in [4.78, 5) is 10.1. The third kappa shape index (κ3) is 2.92. The second-order valence-electron chi connectivity index (χ2n) is 4.13. The van der Waals surface area contributed by atoms with Crippen LogP contribution in [0, 0.1) is 17.1 Å². The van der Waals surface area contributed by atoms with E-state index in [9.17, 15) is 9.65 Å². The van der Waals surface area contributed by atoms with E-state index in [4.69, 9.17) is 11.6 Å². The predicted molar refractivity (Wildman–Crippen MR) is 89.4 cm³/mol. The fourth-order valence-corrected chi connectivity index (χ4v) is 4.67. The number of aromatic nitrogens is 2. The van der Waals surface area contributed by atoms with Gasteiger partial charge in [0.05, 0.1) is 20.2 Å². The fraction of sp³-hybridized carbons (Fsp3) is 0.0714. The highest BCUT2D eigenvalue weighted by molar-refractivity contribution is 8.01. The van der Waals surface area contributed by atoms with E-state index in [1.165, 1.54) is 53.2 Å². The minimum atomic E-state index is -0.391. The van der Waals surface area contributed by atoms with E-state index in [1.807, 2.05) is 6.26 Å². The van der Waals surface area contributed by atoms with Crippen molar-refractivity contribution in [2.75, 3.05) is 6.26 Å². The van der Waals surface area contributed by atoms with Crippen molar-refractivity contribution in [3.63, 3.8) is 0 Å². The number of fused-ring (bicyclic) bond motifs is 1. The first-order valence-electron chi connectivity index (χ1n) is 5.99. The van der Waals surface area contributed by atoms with Crippen molar-refractivity contribution in [2.45, 2.75) is 14.1 Å². The standard InChI is InChI=1S/C14H7ClFN3S3/c1-20-14-19-13-12(22-14)11(7(5-17)6-18-13)21-10-3-2-8(16)4-9(10)15/h2-4,6H,1H3. The summed E-state index contributed by atoms with van der Waals surface area (Å²) in [5, 5.41) is 9.63. The van der Waals surface area contributed by atoms with Crippen LogP contribution in [0.5, 0.6) is 0 Å². The molecular formula is C14H7ClFN3S3. The first kappa shape index (κ1) is 15.6. The molecule has 3 aromatic rings. The highest BCUT2D eigenvalue weighted by Crippen LogP contribution is 2.41. The Hall–Kier alpha value is -1.33. The minimum absolute atomic E-state index is 0.313. The lowest BCUT2D eigenvalue weighted by Gasteiger charge is -2.06. The molecule has 0 aliphatic rings. The molecule has 0 unspecified atom stereocenters. The number of hydrogen-bond acceptors (Lipinski definition) is 6. The van der Waals surface area contributed by atoms with E-state index in [0.717, 1.165) is 13.9 Å². The maximum Gasteiger partial charge on any atom is 0.172 e. The molecule has 0 atom stereocenters. The van der Waals surface area contributed by atoms with Crippen molar-refractivity contribution in [3.8, 4) is 6.07 Å². The van der Waals surface area contributed by atoms with E-state index in [0.29, 0.717) is 21.1 Å². The van der Waals surface area contributed by atoms with E-state index in [-0.39, 0.29) is 0 Å². The molecule has 0 saturated carbocycles. The van der Waals surface area contributed by atoms with Crippen molar-refractivity contribution in [1.29, 1.82) is 5.26 Å². The number of nitriles is 1. The first-order valence-corrected chi connectivity index (χ1v) is 9.22. The van der Waals surface area contributed by atoms with Crippen molar-refractivity contribution in [2.24, 2.45) is 0 Å². The Morgan fingerprint density at radius 2 is 2.23 bits per heavy atom. The Kier molecular flexibility index (Phi) is 4.54. The van der Waals surface area contributed by atoms with Gasteiger partial charge in [-0.05, 0) is 24.5 Å². The summed E-state index contributed by atoms with van der Waals surface area (Å²) in [5.74, 6) is -0.391. The Bertz CT molecular complexity index is 904. The molecule has 0 fully saturated rings. The number of pyridine rings is 1. The maximum absolute atomic E-state index is 13.2. The number of thiazole rings is 1. The van der Waals surface area contributed by atoms with Crippen LogP contribution in [0.2, 0.25) is 5.02 Å². The number of rotatable bonds is 3. The zero-order valence-corrected chi connectivity index (χ0v) is 14.3. The number of halogens is 2. The maximum atomic E-state index is 13.2. The second-order valence-corrected chi connectivity index (χ2v) is 7.64. The monoisotopic (exact) mass is 367 g/mol. The zero-order chi connectivity index (χ0) is 15.7. The summed E-state index contributed by atoms with van der Waals surface area (Å²) in [6.45, 7) is 0. The minimum Gasteiger partial charge on any atom is -0.234 e. The smallest absolute Gasteiger partial charge is 0.172 e. The molecule has 0 spiro atoms. The van der Waals surface area contributed by atoms with Gasteiger partial charge in [0, 0.05) is 11.1 Å². The van der Waals surface area contributed by atoms with Gasteiger partial charge in [0.25, 0.3) is 0 Å². The van der Waals surface area contributed by atoms with Gasteiger partial charge in [0.1, 0.15) is 11.9 Å². The molecule has 0 aliphatic carbocycles. The van der Waals surface area contributed by atoms with Crippen LogP contribution in [-0.2, 0) is 0 Å². The van der Waals surface area contributed by atoms with Gasteiger partial charge in [-0.1, -0.05) is 35.1 Å². The van der Waals surface area contributed by atoms with Crippen LogP contribution in [-0.4, -0.2) is 16.2 Å². The van der Waals surface area contributed by atoms with E-state index < -0.39 is 5.82 Å². The van der Waals surface area contributed by atoms with Crippen LogP contribution in [0.15, 0.2) is 38.5 Å². The van der Waals surface area contributed by atoms with Gasteiger partial charge < -0.3 is 0 Å². The Morgan fingerprint density at radius 1 is 1.41 bits per heavy atom. The molecular weight excluding hydrogens is 361 g/mol.